The van der Waals surface area contributed by atoms with Gasteiger partial charge in [0.2, 0.25) is 0 Å². The molecule has 0 aliphatic heterocycles. The molecule has 3 aromatic rings. The summed E-state index contributed by atoms with van der Waals surface area (Å²) in [6, 6.07) is 2.99. The molecule has 1 aliphatic carbocycles. The number of ether oxygens (including phenoxy) is 2. The number of pyridine rings is 1. The summed E-state index contributed by atoms with van der Waals surface area (Å²) in [5.74, 6) is -1.78. The molecule has 0 N–H and O–H groups in total. The van der Waals surface area contributed by atoms with Crippen LogP contribution in [0.4, 0.5) is 8.78 Å². The second-order valence-electron chi connectivity index (χ2n) is 7.08. The van der Waals surface area contributed by atoms with Gasteiger partial charge in [0.15, 0.2) is 23.1 Å². The molecule has 0 saturated heterocycles. The third-order valence-electron chi connectivity index (χ3n) is 5.12. The van der Waals surface area contributed by atoms with Crippen LogP contribution in [0.25, 0.3) is 16.7 Å². The molecule has 0 unspecified atom stereocenters. The predicted octanol–water partition coefficient (Wildman–Crippen LogP) is 3.23. The van der Waals surface area contributed by atoms with Crippen molar-refractivity contribution in [2.24, 2.45) is 0 Å². The topological polar surface area (TPSA) is 83.3 Å². The fourth-order valence-electron chi connectivity index (χ4n) is 3.51. The van der Waals surface area contributed by atoms with Gasteiger partial charge >= 0.3 is 0 Å². The van der Waals surface area contributed by atoms with E-state index < -0.39 is 21.7 Å². The van der Waals surface area contributed by atoms with Gasteiger partial charge in [-0.15, -0.1) is 0 Å². The molecule has 1 aromatic carbocycles. The van der Waals surface area contributed by atoms with E-state index in [0.717, 1.165) is 21.6 Å². The summed E-state index contributed by atoms with van der Waals surface area (Å²) in [7, 11) is -0.905. The Morgan fingerprint density at radius 1 is 1.06 bits per heavy atom. The van der Waals surface area contributed by atoms with Crippen LogP contribution < -0.4 is 9.47 Å². The summed E-state index contributed by atoms with van der Waals surface area (Å²) in [6.07, 6.45) is 7.86. The van der Waals surface area contributed by atoms with Crippen LogP contribution in [0.2, 0.25) is 0 Å². The first-order chi connectivity index (χ1) is 14.7. The number of hydrogen-bond acceptors (Lipinski definition) is 6. The average Bonchev–Trinajstić information content (AvgIpc) is 3.38. The van der Waals surface area contributed by atoms with Crippen LogP contribution in [-0.2, 0) is 22.9 Å². The van der Waals surface area contributed by atoms with E-state index in [0.29, 0.717) is 23.1 Å². The first-order valence-electron chi connectivity index (χ1n) is 9.25. The fourth-order valence-corrected chi connectivity index (χ4v) is 4.03. The fraction of sp³-hybridized carbons (Fsp3) is 0.238. The highest BCUT2D eigenvalue weighted by molar-refractivity contribution is 7.89. The third-order valence-corrected chi connectivity index (χ3v) is 6.00. The van der Waals surface area contributed by atoms with Crippen LogP contribution in [0, 0.1) is 11.6 Å². The highest BCUT2D eigenvalue weighted by Gasteiger charge is 2.24. The number of methoxy groups -OCH3 is 2. The number of fused-ring (bicyclic) bond motifs is 1. The average molecular weight is 447 g/mol. The summed E-state index contributed by atoms with van der Waals surface area (Å²) in [4.78, 5) is 4.44. The molecule has 4 rings (SSSR count). The number of allylic oxidation sites excluding steroid dienone is 2. The maximum Gasteiger partial charge on any atom is 0.250 e. The van der Waals surface area contributed by atoms with E-state index in [9.17, 15) is 17.2 Å². The van der Waals surface area contributed by atoms with Crippen molar-refractivity contribution in [1.29, 1.82) is 0 Å². The van der Waals surface area contributed by atoms with Gasteiger partial charge in [-0.1, -0.05) is 6.08 Å². The molecule has 2 heterocycles. The highest BCUT2D eigenvalue weighted by Crippen LogP contribution is 2.37. The Morgan fingerprint density at radius 2 is 1.74 bits per heavy atom. The van der Waals surface area contributed by atoms with E-state index in [2.05, 4.69) is 10.1 Å². The molecule has 0 saturated carbocycles. The largest absolute Gasteiger partial charge is 0.494 e. The molecule has 162 valence electrons. The molecule has 7 nitrogen and oxygen atoms in total. The first-order valence-corrected chi connectivity index (χ1v) is 11.1. The summed E-state index contributed by atoms with van der Waals surface area (Å²) in [5.41, 5.74) is 3.26. The lowest BCUT2D eigenvalue weighted by molar-refractivity contribution is 0.354. The Morgan fingerprint density at radius 3 is 2.32 bits per heavy atom. The normalized spacial score (nSPS) is 13.1. The van der Waals surface area contributed by atoms with Crippen molar-refractivity contribution in [3.8, 4) is 22.6 Å². The smallest absolute Gasteiger partial charge is 0.250 e. The molecule has 0 atom stereocenters. The van der Waals surface area contributed by atoms with Crippen molar-refractivity contribution < 1.29 is 26.7 Å². The molecule has 0 spiro atoms. The number of rotatable bonds is 6. The van der Waals surface area contributed by atoms with E-state index >= 15 is 0 Å². The van der Waals surface area contributed by atoms with E-state index in [4.69, 9.17) is 9.47 Å². The van der Waals surface area contributed by atoms with Crippen molar-refractivity contribution >= 4 is 15.6 Å². The first kappa shape index (κ1) is 21.0. The Balaban J connectivity index is 1.72. The Hall–Kier alpha value is -3.27. The summed E-state index contributed by atoms with van der Waals surface area (Å²) in [6.45, 7) is 0. The SMILES string of the molecule is COc1cc(OC)c(F)c(CC2=CCc3ncc(-c4cnn(S(C)(=O)=O)c4)cc32)c1F. The van der Waals surface area contributed by atoms with Gasteiger partial charge in [0.25, 0.3) is 10.0 Å². The lowest BCUT2D eigenvalue weighted by atomic mass is 9.97. The number of nitrogens with zero attached hydrogens (tertiary/aromatic N) is 3. The number of aromatic nitrogens is 3. The molecule has 0 amide bonds. The van der Waals surface area contributed by atoms with Crippen LogP contribution in [0.15, 0.2) is 36.8 Å². The van der Waals surface area contributed by atoms with E-state index in [-0.39, 0.29) is 23.5 Å². The third kappa shape index (κ3) is 3.78. The van der Waals surface area contributed by atoms with Crippen molar-refractivity contribution in [1.82, 2.24) is 14.2 Å². The molecule has 1 aliphatic rings. The molecular weight excluding hydrogens is 428 g/mol. The number of hydrogen-bond donors (Lipinski definition) is 0. The molecule has 31 heavy (non-hydrogen) atoms. The zero-order valence-electron chi connectivity index (χ0n) is 17.0. The quantitative estimate of drug-likeness (QED) is 0.577. The van der Waals surface area contributed by atoms with Crippen molar-refractivity contribution in [2.75, 3.05) is 20.5 Å². The van der Waals surface area contributed by atoms with Gasteiger partial charge in [-0.25, -0.2) is 17.2 Å². The van der Waals surface area contributed by atoms with Crippen LogP contribution in [0.5, 0.6) is 11.5 Å². The summed E-state index contributed by atoms with van der Waals surface area (Å²) >= 11 is 0. The lowest BCUT2D eigenvalue weighted by Crippen LogP contribution is -2.09. The molecule has 0 radical (unpaired) electrons. The zero-order valence-corrected chi connectivity index (χ0v) is 17.8. The van der Waals surface area contributed by atoms with Crippen molar-refractivity contribution in [3.63, 3.8) is 0 Å². The van der Waals surface area contributed by atoms with Gasteiger partial charge in [0.1, 0.15) is 0 Å². The summed E-state index contributed by atoms with van der Waals surface area (Å²) in [5, 5.41) is 3.86. The molecule has 0 fully saturated rings. The van der Waals surface area contributed by atoms with Gasteiger partial charge < -0.3 is 9.47 Å². The van der Waals surface area contributed by atoms with Gasteiger partial charge in [0.05, 0.1) is 38.6 Å². The molecule has 2 aromatic heterocycles. The predicted molar refractivity (Wildman–Crippen MR) is 111 cm³/mol. The van der Waals surface area contributed by atoms with Crippen LogP contribution in [0.1, 0.15) is 16.8 Å². The lowest BCUT2D eigenvalue weighted by Gasteiger charge is -2.14. The Labute approximate surface area is 178 Å². The van der Waals surface area contributed by atoms with Crippen LogP contribution >= 0.6 is 0 Å². The summed E-state index contributed by atoms with van der Waals surface area (Å²) < 4.78 is 63.9. The minimum absolute atomic E-state index is 0.0219. The van der Waals surface area contributed by atoms with Gasteiger partial charge in [0, 0.05) is 47.4 Å². The number of halogens is 2. The highest BCUT2D eigenvalue weighted by atomic mass is 32.2. The second kappa shape index (κ2) is 7.77. The van der Waals surface area contributed by atoms with Gasteiger partial charge in [-0.05, 0) is 11.6 Å². The monoisotopic (exact) mass is 447 g/mol. The second-order valence-corrected chi connectivity index (χ2v) is 8.92. The standard InChI is InChI=1S/C21H19F2N3O4S/c1-29-18-8-19(30-2)21(23)16(20(18)22)6-12-4-5-17-15(12)7-13(9-24-17)14-10-25-26(11-14)31(3,27)28/h4,7-11H,5-6H2,1-3H3. The van der Waals surface area contributed by atoms with Crippen molar-refractivity contribution in [2.45, 2.75) is 12.8 Å². The minimum Gasteiger partial charge on any atom is -0.494 e. The zero-order chi connectivity index (χ0) is 22.3. The minimum atomic E-state index is -3.51. The Kier molecular flexibility index (Phi) is 5.26. The van der Waals surface area contributed by atoms with Gasteiger partial charge in [-0.2, -0.15) is 9.19 Å². The molecular formula is C21H19F2N3O4S. The van der Waals surface area contributed by atoms with E-state index in [1.807, 2.05) is 12.1 Å². The van der Waals surface area contributed by atoms with E-state index in [1.54, 1.807) is 6.20 Å². The van der Waals surface area contributed by atoms with Crippen LogP contribution in [0.3, 0.4) is 0 Å². The number of benzene rings is 1. The Bertz CT molecular complexity index is 1290. The van der Waals surface area contributed by atoms with Crippen LogP contribution in [-0.4, -0.2) is 43.1 Å². The maximum absolute atomic E-state index is 14.8. The molecule has 0 bridgehead atoms. The maximum atomic E-state index is 14.8. The van der Waals surface area contributed by atoms with E-state index in [1.165, 1.54) is 32.7 Å². The van der Waals surface area contributed by atoms with Crippen molar-refractivity contribution in [3.05, 3.63) is 65.3 Å². The van der Waals surface area contributed by atoms with Gasteiger partial charge in [-0.3, -0.25) is 4.98 Å². The molecule has 10 heteroatoms.